The topological polar surface area (TPSA) is 84.8 Å². The van der Waals surface area contributed by atoms with Crippen LogP contribution in [-0.4, -0.2) is 43.7 Å². The van der Waals surface area contributed by atoms with Gasteiger partial charge in [0.05, 0.1) is 25.5 Å². The Balaban J connectivity index is 0.00000450. The van der Waals surface area contributed by atoms with Crippen molar-refractivity contribution >= 4 is 47.2 Å². The fraction of sp³-hybridized carbons (Fsp3) is 0.476. The van der Waals surface area contributed by atoms with E-state index in [0.29, 0.717) is 29.7 Å². The van der Waals surface area contributed by atoms with Gasteiger partial charge in [-0.1, -0.05) is 12.1 Å². The second-order valence-electron chi connectivity index (χ2n) is 6.42. The molecule has 1 aromatic heterocycles. The lowest BCUT2D eigenvalue weighted by molar-refractivity contribution is 0.0531. The standard InChI is InChI=1S/C21H30N4O3S.HI/c1-6-22-21(23-12-11-16-9-8-10-17(13-16)27-5)25-15(4)19-24-14(3)18(29-19)20(26)28-7-2;/h8-10,13,15H,6-7,11-12H2,1-5H3,(H2,22,23,25);1H. The SMILES string of the molecule is CCNC(=NCCc1cccc(OC)c1)NC(C)c1nc(C)c(C(=O)OCC)s1.I. The molecule has 0 amide bonds. The predicted molar refractivity (Wildman–Crippen MR) is 132 cm³/mol. The maximum absolute atomic E-state index is 12.0. The van der Waals surface area contributed by atoms with Crippen LogP contribution in [0.4, 0.5) is 0 Å². The maximum Gasteiger partial charge on any atom is 0.350 e. The number of carbonyl (C=O) groups excluding carboxylic acids is 1. The maximum atomic E-state index is 12.0. The number of hydrogen-bond acceptors (Lipinski definition) is 6. The van der Waals surface area contributed by atoms with Gasteiger partial charge in [-0.05, 0) is 51.8 Å². The van der Waals surface area contributed by atoms with E-state index in [0.717, 1.165) is 23.7 Å². The Morgan fingerprint density at radius 1 is 1.33 bits per heavy atom. The Kier molecular flexibility index (Phi) is 11.7. The lowest BCUT2D eigenvalue weighted by Gasteiger charge is -2.16. The Labute approximate surface area is 199 Å². The number of carbonyl (C=O) groups is 1. The first-order chi connectivity index (χ1) is 14.0. The highest BCUT2D eigenvalue weighted by molar-refractivity contribution is 14.0. The lowest BCUT2D eigenvalue weighted by Crippen LogP contribution is -2.38. The van der Waals surface area contributed by atoms with Crippen molar-refractivity contribution in [2.24, 2.45) is 4.99 Å². The number of hydrogen-bond donors (Lipinski definition) is 2. The summed E-state index contributed by atoms with van der Waals surface area (Å²) in [4.78, 5) is 21.8. The monoisotopic (exact) mass is 546 g/mol. The van der Waals surface area contributed by atoms with Crippen molar-refractivity contribution in [3.63, 3.8) is 0 Å². The van der Waals surface area contributed by atoms with Gasteiger partial charge in [-0.2, -0.15) is 0 Å². The lowest BCUT2D eigenvalue weighted by atomic mass is 10.1. The second kappa shape index (κ2) is 13.4. The third kappa shape index (κ3) is 7.75. The highest BCUT2D eigenvalue weighted by Crippen LogP contribution is 2.24. The van der Waals surface area contributed by atoms with Gasteiger partial charge in [0.1, 0.15) is 15.6 Å². The number of ether oxygens (including phenoxy) is 2. The van der Waals surface area contributed by atoms with Gasteiger partial charge in [-0.3, -0.25) is 4.99 Å². The number of halogens is 1. The normalized spacial score (nSPS) is 12.0. The van der Waals surface area contributed by atoms with Crippen LogP contribution in [0.5, 0.6) is 5.75 Å². The number of rotatable bonds is 9. The summed E-state index contributed by atoms with van der Waals surface area (Å²) in [7, 11) is 1.67. The minimum atomic E-state index is -0.320. The average Bonchev–Trinajstić information content (AvgIpc) is 3.10. The summed E-state index contributed by atoms with van der Waals surface area (Å²) in [5.74, 6) is 1.25. The predicted octanol–water partition coefficient (Wildman–Crippen LogP) is 4.11. The Morgan fingerprint density at radius 3 is 2.77 bits per heavy atom. The van der Waals surface area contributed by atoms with Crippen molar-refractivity contribution in [1.82, 2.24) is 15.6 Å². The molecule has 0 bridgehead atoms. The smallest absolute Gasteiger partial charge is 0.350 e. The number of guanidine groups is 1. The van der Waals surface area contributed by atoms with Crippen LogP contribution in [-0.2, 0) is 11.2 Å². The van der Waals surface area contributed by atoms with Gasteiger partial charge in [0.15, 0.2) is 5.96 Å². The zero-order valence-corrected chi connectivity index (χ0v) is 21.3. The molecule has 0 aliphatic carbocycles. The van der Waals surface area contributed by atoms with Crippen molar-refractivity contribution in [3.8, 4) is 5.75 Å². The molecule has 2 N–H and O–H groups in total. The molecule has 1 aromatic carbocycles. The molecule has 2 rings (SSSR count). The second-order valence-corrected chi connectivity index (χ2v) is 7.45. The molecule has 0 aliphatic heterocycles. The van der Waals surface area contributed by atoms with Crippen LogP contribution in [0.15, 0.2) is 29.3 Å². The summed E-state index contributed by atoms with van der Waals surface area (Å²) in [6, 6.07) is 7.91. The molecule has 1 atom stereocenters. The number of aliphatic imine (C=N–C) groups is 1. The molecule has 2 aromatic rings. The van der Waals surface area contributed by atoms with Gasteiger partial charge in [0, 0.05) is 13.1 Å². The third-order valence-corrected chi connectivity index (χ3v) is 5.47. The molecule has 7 nitrogen and oxygen atoms in total. The Bertz CT molecular complexity index is 841. The van der Waals surface area contributed by atoms with Gasteiger partial charge in [0.25, 0.3) is 0 Å². The molecule has 0 aliphatic rings. The molecule has 0 radical (unpaired) electrons. The summed E-state index contributed by atoms with van der Waals surface area (Å²) in [5, 5.41) is 7.44. The van der Waals surface area contributed by atoms with E-state index in [1.807, 2.05) is 39.0 Å². The van der Waals surface area contributed by atoms with Crippen LogP contribution >= 0.6 is 35.3 Å². The zero-order valence-electron chi connectivity index (χ0n) is 18.2. The van der Waals surface area contributed by atoms with Gasteiger partial charge in [-0.15, -0.1) is 35.3 Å². The Morgan fingerprint density at radius 2 is 2.10 bits per heavy atom. The summed E-state index contributed by atoms with van der Waals surface area (Å²) >= 11 is 1.36. The van der Waals surface area contributed by atoms with Gasteiger partial charge in [0.2, 0.25) is 0 Å². The van der Waals surface area contributed by atoms with E-state index in [9.17, 15) is 4.79 Å². The molecule has 0 saturated carbocycles. The van der Waals surface area contributed by atoms with Gasteiger partial charge >= 0.3 is 5.97 Å². The van der Waals surface area contributed by atoms with E-state index >= 15 is 0 Å². The van der Waals surface area contributed by atoms with Gasteiger partial charge < -0.3 is 20.1 Å². The fourth-order valence-electron chi connectivity index (χ4n) is 2.70. The van der Waals surface area contributed by atoms with E-state index in [1.54, 1.807) is 14.0 Å². The van der Waals surface area contributed by atoms with Crippen molar-refractivity contribution in [3.05, 3.63) is 45.4 Å². The molecule has 0 spiro atoms. The summed E-state index contributed by atoms with van der Waals surface area (Å²) < 4.78 is 10.4. The van der Waals surface area contributed by atoms with Crippen LogP contribution in [0.1, 0.15) is 52.7 Å². The van der Waals surface area contributed by atoms with Crippen molar-refractivity contribution in [2.45, 2.75) is 40.2 Å². The van der Waals surface area contributed by atoms with E-state index < -0.39 is 0 Å². The number of methoxy groups -OCH3 is 1. The first kappa shape index (κ1) is 26.2. The van der Waals surface area contributed by atoms with E-state index in [2.05, 4.69) is 26.7 Å². The molecule has 166 valence electrons. The average molecular weight is 546 g/mol. The minimum absolute atomic E-state index is 0. The molecule has 0 saturated heterocycles. The summed E-state index contributed by atoms with van der Waals surface area (Å²) in [6.07, 6.45) is 0.811. The zero-order chi connectivity index (χ0) is 21.2. The van der Waals surface area contributed by atoms with E-state index in [4.69, 9.17) is 9.47 Å². The number of nitrogens with zero attached hydrogens (tertiary/aromatic N) is 2. The number of nitrogens with one attached hydrogen (secondary N) is 2. The number of aromatic nitrogens is 1. The van der Waals surface area contributed by atoms with E-state index in [-0.39, 0.29) is 36.0 Å². The van der Waals surface area contributed by atoms with E-state index in [1.165, 1.54) is 16.9 Å². The molecule has 30 heavy (non-hydrogen) atoms. The van der Waals surface area contributed by atoms with Crippen LogP contribution in [0.3, 0.4) is 0 Å². The number of aryl methyl sites for hydroxylation is 1. The van der Waals surface area contributed by atoms with Crippen molar-refractivity contribution in [2.75, 3.05) is 26.8 Å². The van der Waals surface area contributed by atoms with Crippen LogP contribution in [0.25, 0.3) is 0 Å². The largest absolute Gasteiger partial charge is 0.497 e. The molecule has 1 unspecified atom stereocenters. The minimum Gasteiger partial charge on any atom is -0.497 e. The summed E-state index contributed by atoms with van der Waals surface area (Å²) in [5.41, 5.74) is 1.86. The molecule has 0 fully saturated rings. The van der Waals surface area contributed by atoms with Crippen LogP contribution in [0, 0.1) is 6.92 Å². The summed E-state index contributed by atoms with van der Waals surface area (Å²) in [6.45, 7) is 9.39. The fourth-order valence-corrected chi connectivity index (χ4v) is 3.66. The highest BCUT2D eigenvalue weighted by Gasteiger charge is 2.20. The van der Waals surface area contributed by atoms with Crippen molar-refractivity contribution in [1.29, 1.82) is 0 Å². The first-order valence-corrected chi connectivity index (χ1v) is 10.6. The van der Waals surface area contributed by atoms with Crippen LogP contribution < -0.4 is 15.4 Å². The number of benzene rings is 1. The molecule has 1 heterocycles. The van der Waals surface area contributed by atoms with Gasteiger partial charge in [-0.25, -0.2) is 9.78 Å². The molecular formula is C21H31IN4O3S. The van der Waals surface area contributed by atoms with Crippen LogP contribution in [0.2, 0.25) is 0 Å². The number of esters is 1. The molecule has 9 heteroatoms. The highest BCUT2D eigenvalue weighted by atomic mass is 127. The molecular weight excluding hydrogens is 515 g/mol. The number of thiazole rings is 1. The van der Waals surface area contributed by atoms with Crippen molar-refractivity contribution < 1.29 is 14.3 Å². The third-order valence-electron chi connectivity index (χ3n) is 4.15. The Hall–Kier alpha value is -1.88. The first-order valence-electron chi connectivity index (χ1n) is 9.80. The quantitative estimate of drug-likeness (QED) is 0.213.